The summed E-state index contributed by atoms with van der Waals surface area (Å²) in [6.07, 6.45) is 0.791. The highest BCUT2D eigenvalue weighted by molar-refractivity contribution is 9.10. The van der Waals surface area contributed by atoms with Gasteiger partial charge in [0.2, 0.25) is 5.89 Å². The Morgan fingerprint density at radius 1 is 1.44 bits per heavy atom. The summed E-state index contributed by atoms with van der Waals surface area (Å²) in [5.41, 5.74) is 5.83. The van der Waals surface area contributed by atoms with Gasteiger partial charge in [0.25, 0.3) is 0 Å². The quantitative estimate of drug-likeness (QED) is 0.851. The molecule has 1 aromatic carbocycles. The van der Waals surface area contributed by atoms with Crippen LogP contribution in [0.25, 0.3) is 0 Å². The average molecular weight is 328 g/mol. The summed E-state index contributed by atoms with van der Waals surface area (Å²) in [6.45, 7) is 1.99. The highest BCUT2D eigenvalue weighted by Gasteiger charge is 2.13. The molecule has 0 aliphatic rings. The van der Waals surface area contributed by atoms with Crippen molar-refractivity contribution in [3.05, 3.63) is 40.5 Å². The Hall–Kier alpha value is -0.850. The van der Waals surface area contributed by atoms with Crippen molar-refractivity contribution in [1.82, 2.24) is 10.1 Å². The summed E-state index contributed by atoms with van der Waals surface area (Å²) < 4.78 is 6.20. The van der Waals surface area contributed by atoms with E-state index in [0.717, 1.165) is 15.8 Å². The van der Waals surface area contributed by atoms with Gasteiger partial charge >= 0.3 is 0 Å². The smallest absolute Gasteiger partial charge is 0.243 e. The summed E-state index contributed by atoms with van der Waals surface area (Å²) in [5.74, 6) is 1.86. The summed E-state index contributed by atoms with van der Waals surface area (Å²) in [5, 5.41) is 3.93. The second-order valence-electron chi connectivity index (χ2n) is 3.78. The minimum atomic E-state index is -0.167. The summed E-state index contributed by atoms with van der Waals surface area (Å²) in [4.78, 5) is 5.44. The van der Waals surface area contributed by atoms with Crippen molar-refractivity contribution in [1.29, 1.82) is 0 Å². The van der Waals surface area contributed by atoms with Crippen molar-refractivity contribution < 1.29 is 4.52 Å². The molecule has 96 valence electrons. The number of rotatable bonds is 5. The van der Waals surface area contributed by atoms with Crippen LogP contribution >= 0.6 is 27.7 Å². The number of thioether (sulfide) groups is 1. The Balaban J connectivity index is 1.98. The van der Waals surface area contributed by atoms with Crippen molar-refractivity contribution >= 4 is 27.7 Å². The van der Waals surface area contributed by atoms with E-state index in [0.29, 0.717) is 17.5 Å². The normalized spacial score (nSPS) is 12.6. The fraction of sp³-hybridized carbons (Fsp3) is 0.333. The molecule has 1 aromatic heterocycles. The zero-order valence-electron chi connectivity index (χ0n) is 9.97. The van der Waals surface area contributed by atoms with Crippen molar-refractivity contribution in [2.24, 2.45) is 5.73 Å². The van der Waals surface area contributed by atoms with Crippen LogP contribution in [0, 0.1) is 0 Å². The van der Waals surface area contributed by atoms with Crippen LogP contribution in [0.2, 0.25) is 0 Å². The highest BCUT2D eigenvalue weighted by Crippen LogP contribution is 2.29. The Labute approximate surface area is 118 Å². The molecule has 0 aliphatic carbocycles. The molecule has 0 spiro atoms. The van der Waals surface area contributed by atoms with Crippen LogP contribution in [0.15, 0.2) is 38.2 Å². The molecule has 0 saturated heterocycles. The molecule has 0 unspecified atom stereocenters. The number of aromatic nitrogens is 2. The maximum atomic E-state index is 5.83. The van der Waals surface area contributed by atoms with Crippen LogP contribution in [0.1, 0.15) is 31.1 Å². The number of nitrogens with two attached hydrogens (primary N) is 1. The van der Waals surface area contributed by atoms with Crippen molar-refractivity contribution in [2.75, 3.05) is 0 Å². The standard InChI is InChI=1S/C12H14BrN3OS/c1-2-9(14)12-15-11(16-17-12)7-18-10-6-4-3-5-8(10)13/h3-6,9H,2,7,14H2,1H3/t9-/m1/s1. The fourth-order valence-corrected chi connectivity index (χ4v) is 2.77. The topological polar surface area (TPSA) is 64.9 Å². The van der Waals surface area contributed by atoms with Gasteiger partial charge in [0, 0.05) is 9.37 Å². The Morgan fingerprint density at radius 2 is 2.22 bits per heavy atom. The van der Waals surface area contributed by atoms with Crippen molar-refractivity contribution in [2.45, 2.75) is 30.0 Å². The van der Waals surface area contributed by atoms with E-state index in [-0.39, 0.29) is 6.04 Å². The van der Waals surface area contributed by atoms with Crippen LogP contribution in [0.4, 0.5) is 0 Å². The third-order valence-corrected chi connectivity index (χ3v) is 4.46. The van der Waals surface area contributed by atoms with E-state index >= 15 is 0 Å². The van der Waals surface area contributed by atoms with E-state index in [1.165, 1.54) is 0 Å². The highest BCUT2D eigenvalue weighted by atomic mass is 79.9. The predicted octanol–water partition coefficient (Wildman–Crippen LogP) is 3.53. The van der Waals surface area contributed by atoms with Crippen LogP contribution < -0.4 is 5.73 Å². The first-order chi connectivity index (χ1) is 8.70. The molecular weight excluding hydrogens is 314 g/mol. The van der Waals surface area contributed by atoms with Crippen molar-refractivity contribution in [3.63, 3.8) is 0 Å². The molecule has 18 heavy (non-hydrogen) atoms. The average Bonchev–Trinajstić information content (AvgIpc) is 2.86. The molecule has 0 amide bonds. The molecular formula is C12H14BrN3OS. The third kappa shape index (κ3) is 3.34. The SMILES string of the molecule is CC[C@@H](N)c1nc(CSc2ccccc2Br)no1. The van der Waals surface area contributed by atoms with Gasteiger partial charge in [0.1, 0.15) is 0 Å². The molecule has 2 aromatic rings. The Morgan fingerprint density at radius 3 is 2.94 bits per heavy atom. The van der Waals surface area contributed by atoms with E-state index in [1.807, 2.05) is 31.2 Å². The van der Waals surface area contributed by atoms with Crippen LogP contribution in [-0.4, -0.2) is 10.1 Å². The molecule has 2 rings (SSSR count). The summed E-state index contributed by atoms with van der Waals surface area (Å²) in [6, 6.07) is 7.88. The molecule has 0 aliphatic heterocycles. The molecule has 1 heterocycles. The lowest BCUT2D eigenvalue weighted by Gasteiger charge is -2.01. The van der Waals surface area contributed by atoms with E-state index in [1.54, 1.807) is 11.8 Å². The number of hydrogen-bond acceptors (Lipinski definition) is 5. The minimum absolute atomic E-state index is 0.167. The fourth-order valence-electron chi connectivity index (χ4n) is 1.36. The molecule has 0 radical (unpaired) electrons. The lowest BCUT2D eigenvalue weighted by Crippen LogP contribution is -2.08. The second-order valence-corrected chi connectivity index (χ2v) is 5.65. The summed E-state index contributed by atoms with van der Waals surface area (Å²) in [7, 11) is 0. The zero-order chi connectivity index (χ0) is 13.0. The maximum Gasteiger partial charge on any atom is 0.243 e. The van der Waals surface area contributed by atoms with E-state index in [4.69, 9.17) is 10.3 Å². The van der Waals surface area contributed by atoms with Gasteiger partial charge in [-0.15, -0.1) is 11.8 Å². The summed E-state index contributed by atoms with van der Waals surface area (Å²) >= 11 is 5.16. The van der Waals surface area contributed by atoms with Crippen LogP contribution in [0.5, 0.6) is 0 Å². The monoisotopic (exact) mass is 327 g/mol. The molecule has 1 atom stereocenters. The van der Waals surface area contributed by atoms with Gasteiger partial charge in [-0.05, 0) is 34.5 Å². The number of halogens is 1. The predicted molar refractivity (Wildman–Crippen MR) is 75.2 cm³/mol. The van der Waals surface area contributed by atoms with Gasteiger partial charge in [0.15, 0.2) is 5.82 Å². The first kappa shape index (κ1) is 13.6. The molecule has 0 fully saturated rings. The molecule has 0 bridgehead atoms. The Bertz CT molecular complexity index is 518. The Kier molecular flexibility index (Phi) is 4.79. The molecule has 0 saturated carbocycles. The molecule has 6 heteroatoms. The van der Waals surface area contributed by atoms with Gasteiger partial charge < -0.3 is 10.3 Å². The second kappa shape index (κ2) is 6.36. The van der Waals surface area contributed by atoms with Gasteiger partial charge in [-0.3, -0.25) is 0 Å². The van der Waals surface area contributed by atoms with Gasteiger partial charge in [0.05, 0.1) is 11.8 Å². The van der Waals surface area contributed by atoms with Crippen LogP contribution in [0.3, 0.4) is 0 Å². The number of hydrogen-bond donors (Lipinski definition) is 1. The first-order valence-electron chi connectivity index (χ1n) is 5.66. The number of benzene rings is 1. The maximum absolute atomic E-state index is 5.83. The lowest BCUT2D eigenvalue weighted by atomic mass is 10.2. The van der Waals surface area contributed by atoms with E-state index in [2.05, 4.69) is 26.1 Å². The number of nitrogens with zero attached hydrogens (tertiary/aromatic N) is 2. The van der Waals surface area contributed by atoms with Gasteiger partial charge in [-0.1, -0.05) is 24.2 Å². The first-order valence-corrected chi connectivity index (χ1v) is 7.44. The zero-order valence-corrected chi connectivity index (χ0v) is 12.4. The van der Waals surface area contributed by atoms with Gasteiger partial charge in [-0.2, -0.15) is 4.98 Å². The third-order valence-electron chi connectivity index (χ3n) is 2.43. The van der Waals surface area contributed by atoms with Crippen molar-refractivity contribution in [3.8, 4) is 0 Å². The minimum Gasteiger partial charge on any atom is -0.338 e. The van der Waals surface area contributed by atoms with Gasteiger partial charge in [-0.25, -0.2) is 0 Å². The van der Waals surface area contributed by atoms with E-state index < -0.39 is 0 Å². The lowest BCUT2D eigenvalue weighted by molar-refractivity contribution is 0.349. The molecule has 4 nitrogen and oxygen atoms in total. The van der Waals surface area contributed by atoms with E-state index in [9.17, 15) is 0 Å². The van der Waals surface area contributed by atoms with Crippen LogP contribution in [-0.2, 0) is 5.75 Å². The molecule has 2 N–H and O–H groups in total. The largest absolute Gasteiger partial charge is 0.338 e.